The zero-order valence-corrected chi connectivity index (χ0v) is 15.7. The average Bonchev–Trinajstić information content (AvgIpc) is 2.40. The molecule has 1 amide bonds. The van der Waals surface area contributed by atoms with Crippen molar-refractivity contribution in [3.8, 4) is 0 Å². The largest absolute Gasteiger partial charge is 0.354 e. The third-order valence-electron chi connectivity index (χ3n) is 3.71. The molecular weight excluding hydrogens is 312 g/mol. The van der Waals surface area contributed by atoms with E-state index in [1.807, 2.05) is 26.0 Å². The molecule has 0 spiro atoms. The summed E-state index contributed by atoms with van der Waals surface area (Å²) in [5.41, 5.74) is 2.33. The topological polar surface area (TPSA) is 66.5 Å². The number of carbonyl (C=O) groups is 1. The Kier molecular flexibility index (Phi) is 6.62. The number of amides is 1. The van der Waals surface area contributed by atoms with Crippen LogP contribution in [0.3, 0.4) is 0 Å². The van der Waals surface area contributed by atoms with Crippen LogP contribution in [0.15, 0.2) is 18.2 Å². The van der Waals surface area contributed by atoms with Gasteiger partial charge in [-0.3, -0.25) is 9.10 Å². The number of hydrogen-bond acceptors (Lipinski definition) is 3. The molecule has 1 atom stereocenters. The molecule has 0 aromatic heterocycles. The monoisotopic (exact) mass is 340 g/mol. The zero-order chi connectivity index (χ0) is 17.8. The Balaban J connectivity index is 3.08. The lowest BCUT2D eigenvalue weighted by atomic mass is 10.1. The summed E-state index contributed by atoms with van der Waals surface area (Å²) in [5, 5.41) is 2.83. The minimum Gasteiger partial charge on any atom is -0.354 e. The van der Waals surface area contributed by atoms with Gasteiger partial charge in [-0.15, -0.1) is 0 Å². The molecule has 0 unspecified atom stereocenters. The van der Waals surface area contributed by atoms with Crippen molar-refractivity contribution in [2.45, 2.75) is 47.1 Å². The fourth-order valence-electron chi connectivity index (χ4n) is 2.37. The third kappa shape index (κ3) is 5.53. The highest BCUT2D eigenvalue weighted by atomic mass is 32.2. The van der Waals surface area contributed by atoms with E-state index >= 15 is 0 Å². The maximum Gasteiger partial charge on any atom is 0.243 e. The molecule has 23 heavy (non-hydrogen) atoms. The number of hydrogen-bond donors (Lipinski definition) is 1. The van der Waals surface area contributed by atoms with Crippen LogP contribution in [0, 0.1) is 19.8 Å². The van der Waals surface area contributed by atoms with Crippen molar-refractivity contribution in [2.24, 2.45) is 5.92 Å². The van der Waals surface area contributed by atoms with E-state index in [-0.39, 0.29) is 5.91 Å². The molecule has 1 N–H and O–H groups in total. The Morgan fingerprint density at radius 3 is 2.35 bits per heavy atom. The number of aryl methyl sites for hydroxylation is 2. The third-order valence-corrected chi connectivity index (χ3v) is 4.94. The molecule has 0 saturated heterocycles. The Bertz CT molecular complexity index is 654. The van der Waals surface area contributed by atoms with E-state index in [0.29, 0.717) is 18.2 Å². The van der Waals surface area contributed by atoms with E-state index in [1.165, 1.54) is 4.31 Å². The molecule has 0 saturated carbocycles. The average molecular weight is 340 g/mol. The maximum atomic E-state index is 12.4. The van der Waals surface area contributed by atoms with Crippen LogP contribution >= 0.6 is 0 Å². The van der Waals surface area contributed by atoms with E-state index in [1.54, 1.807) is 13.0 Å². The molecular formula is C17H28N2O3S. The van der Waals surface area contributed by atoms with Gasteiger partial charge in [-0.25, -0.2) is 8.42 Å². The number of rotatable bonds is 7. The highest BCUT2D eigenvalue weighted by Gasteiger charge is 2.29. The normalized spacial score (nSPS) is 13.0. The van der Waals surface area contributed by atoms with Gasteiger partial charge in [0.25, 0.3) is 0 Å². The quantitative estimate of drug-likeness (QED) is 0.830. The minimum absolute atomic E-state index is 0.281. The Labute approximate surface area is 140 Å². The second-order valence-electron chi connectivity index (χ2n) is 6.50. The Morgan fingerprint density at radius 1 is 1.22 bits per heavy atom. The first kappa shape index (κ1) is 19.5. The van der Waals surface area contributed by atoms with Crippen LogP contribution < -0.4 is 9.62 Å². The van der Waals surface area contributed by atoms with Gasteiger partial charge in [-0.05, 0) is 50.3 Å². The van der Waals surface area contributed by atoms with Crippen molar-refractivity contribution in [2.75, 3.05) is 17.1 Å². The number of sulfonamides is 1. The summed E-state index contributed by atoms with van der Waals surface area (Å²) >= 11 is 0. The number of nitrogens with zero attached hydrogens (tertiary/aromatic N) is 1. The molecule has 0 fully saturated rings. The van der Waals surface area contributed by atoms with Gasteiger partial charge in [0.1, 0.15) is 6.04 Å². The number of nitrogens with one attached hydrogen (secondary N) is 1. The van der Waals surface area contributed by atoms with Gasteiger partial charge in [-0.1, -0.05) is 26.0 Å². The number of anilines is 1. The number of benzene rings is 1. The molecule has 0 aliphatic rings. The second-order valence-corrected chi connectivity index (χ2v) is 8.36. The van der Waals surface area contributed by atoms with Gasteiger partial charge < -0.3 is 5.32 Å². The lowest BCUT2D eigenvalue weighted by Gasteiger charge is -2.29. The second kappa shape index (κ2) is 7.81. The van der Waals surface area contributed by atoms with Crippen molar-refractivity contribution >= 4 is 21.6 Å². The standard InChI is InChI=1S/C17H28N2O3S/c1-12(2)9-10-18-17(20)15(5)19(23(6,21)22)16-11-13(3)7-8-14(16)4/h7-8,11-12,15H,9-10H2,1-6H3,(H,18,20)/t15-/m1/s1. The molecule has 1 aromatic carbocycles. The van der Waals surface area contributed by atoms with Crippen LogP contribution in [0.2, 0.25) is 0 Å². The minimum atomic E-state index is -3.57. The van der Waals surface area contributed by atoms with Crippen LogP contribution in [0.1, 0.15) is 38.3 Å². The summed E-state index contributed by atoms with van der Waals surface area (Å²) in [6.07, 6.45) is 1.99. The smallest absolute Gasteiger partial charge is 0.243 e. The highest BCUT2D eigenvalue weighted by molar-refractivity contribution is 7.92. The summed E-state index contributed by atoms with van der Waals surface area (Å²) in [4.78, 5) is 12.4. The summed E-state index contributed by atoms with van der Waals surface area (Å²) in [7, 11) is -3.57. The van der Waals surface area contributed by atoms with Crippen LogP contribution in [-0.2, 0) is 14.8 Å². The first-order valence-electron chi connectivity index (χ1n) is 7.88. The van der Waals surface area contributed by atoms with E-state index in [4.69, 9.17) is 0 Å². The Morgan fingerprint density at radius 2 is 1.83 bits per heavy atom. The summed E-state index contributed by atoms with van der Waals surface area (Å²) in [5.74, 6) is 0.201. The molecule has 0 radical (unpaired) electrons. The molecule has 1 aromatic rings. The van der Waals surface area contributed by atoms with Crippen molar-refractivity contribution in [1.29, 1.82) is 0 Å². The van der Waals surface area contributed by atoms with E-state index in [9.17, 15) is 13.2 Å². The van der Waals surface area contributed by atoms with Crippen LogP contribution in [0.5, 0.6) is 0 Å². The lowest BCUT2D eigenvalue weighted by molar-refractivity contribution is -0.121. The first-order valence-corrected chi connectivity index (χ1v) is 9.73. The molecule has 1 rings (SSSR count). The molecule has 0 bridgehead atoms. The fraction of sp³-hybridized carbons (Fsp3) is 0.588. The zero-order valence-electron chi connectivity index (χ0n) is 14.9. The molecule has 6 heteroatoms. The van der Waals surface area contributed by atoms with Crippen molar-refractivity contribution in [1.82, 2.24) is 5.32 Å². The molecule has 130 valence electrons. The number of carbonyl (C=O) groups excluding carboxylic acids is 1. The van der Waals surface area contributed by atoms with Gasteiger partial charge in [0.2, 0.25) is 15.9 Å². The van der Waals surface area contributed by atoms with Crippen molar-refractivity contribution in [3.63, 3.8) is 0 Å². The van der Waals surface area contributed by atoms with Gasteiger partial charge in [0, 0.05) is 6.54 Å². The maximum absolute atomic E-state index is 12.4. The van der Waals surface area contributed by atoms with Gasteiger partial charge in [0.05, 0.1) is 11.9 Å². The predicted octanol–water partition coefficient (Wildman–Crippen LogP) is 2.62. The van der Waals surface area contributed by atoms with Crippen LogP contribution in [-0.4, -0.2) is 33.2 Å². The fourth-order valence-corrected chi connectivity index (χ4v) is 3.59. The van der Waals surface area contributed by atoms with Crippen LogP contribution in [0.25, 0.3) is 0 Å². The molecule has 5 nitrogen and oxygen atoms in total. The molecule has 0 aliphatic carbocycles. The van der Waals surface area contributed by atoms with Crippen LogP contribution in [0.4, 0.5) is 5.69 Å². The SMILES string of the molecule is Cc1ccc(C)c(N([C@H](C)C(=O)NCCC(C)C)S(C)(=O)=O)c1. The van der Waals surface area contributed by atoms with Gasteiger partial charge >= 0.3 is 0 Å². The summed E-state index contributed by atoms with van der Waals surface area (Å²) in [6, 6.07) is 4.80. The predicted molar refractivity (Wildman–Crippen MR) is 95.2 cm³/mol. The van der Waals surface area contributed by atoms with Crippen molar-refractivity contribution < 1.29 is 13.2 Å². The van der Waals surface area contributed by atoms with Crippen molar-refractivity contribution in [3.05, 3.63) is 29.3 Å². The van der Waals surface area contributed by atoms with E-state index in [2.05, 4.69) is 19.2 Å². The van der Waals surface area contributed by atoms with E-state index < -0.39 is 16.1 Å². The molecule has 0 heterocycles. The molecule has 0 aliphatic heterocycles. The Hall–Kier alpha value is -1.56. The summed E-state index contributed by atoms with van der Waals surface area (Å²) < 4.78 is 25.7. The summed E-state index contributed by atoms with van der Waals surface area (Å²) in [6.45, 7) is 10.1. The lowest BCUT2D eigenvalue weighted by Crippen LogP contribution is -2.48. The van der Waals surface area contributed by atoms with E-state index in [0.717, 1.165) is 23.8 Å². The van der Waals surface area contributed by atoms with Gasteiger partial charge in [0.15, 0.2) is 0 Å². The first-order chi connectivity index (χ1) is 10.5. The van der Waals surface area contributed by atoms with Gasteiger partial charge in [-0.2, -0.15) is 0 Å². The highest BCUT2D eigenvalue weighted by Crippen LogP contribution is 2.26.